The third-order valence-electron chi connectivity index (χ3n) is 2.90. The van der Waals surface area contributed by atoms with Gasteiger partial charge in [-0.25, -0.2) is 13.1 Å². The fourth-order valence-corrected chi connectivity index (χ4v) is 3.58. The first-order valence-electron chi connectivity index (χ1n) is 6.91. The van der Waals surface area contributed by atoms with Crippen molar-refractivity contribution >= 4 is 31.6 Å². The Morgan fingerprint density at radius 2 is 2.00 bits per heavy atom. The normalized spacial score (nSPS) is 12.0. The van der Waals surface area contributed by atoms with Crippen molar-refractivity contribution in [1.82, 2.24) is 4.72 Å². The minimum Gasteiger partial charge on any atom is -0.398 e. The lowest BCUT2D eigenvalue weighted by molar-refractivity contribution is 0.0762. The molecule has 0 aromatic heterocycles. The van der Waals surface area contributed by atoms with E-state index in [0.717, 1.165) is 12.8 Å². The molecule has 0 unspecified atom stereocenters. The number of hydrogen-bond acceptors (Lipinski definition) is 4. The van der Waals surface area contributed by atoms with Crippen LogP contribution < -0.4 is 10.5 Å². The largest absolute Gasteiger partial charge is 0.398 e. The molecule has 1 aromatic carbocycles. The number of ether oxygens (including phenoxy) is 1. The highest BCUT2D eigenvalue weighted by Crippen LogP contribution is 2.26. The highest BCUT2D eigenvalue weighted by molar-refractivity contribution is 9.10. The zero-order valence-electron chi connectivity index (χ0n) is 12.6. The first-order valence-corrected chi connectivity index (χ1v) is 9.18. The number of hydrogen-bond donors (Lipinski definition) is 2. The molecular weight excluding hydrogens is 356 g/mol. The van der Waals surface area contributed by atoms with Gasteiger partial charge in [-0.15, -0.1) is 0 Å². The van der Waals surface area contributed by atoms with Crippen LogP contribution in [0.4, 0.5) is 5.69 Å². The quantitative estimate of drug-likeness (QED) is 0.538. The maximum Gasteiger partial charge on any atom is 0.240 e. The Morgan fingerprint density at radius 1 is 1.33 bits per heavy atom. The molecule has 3 N–H and O–H groups in total. The minimum absolute atomic E-state index is 0.204. The first-order chi connectivity index (χ1) is 9.74. The summed E-state index contributed by atoms with van der Waals surface area (Å²) in [6.07, 6.45) is 1.76. The molecule has 120 valence electrons. The van der Waals surface area contributed by atoms with Gasteiger partial charge in [0.2, 0.25) is 10.0 Å². The van der Waals surface area contributed by atoms with Crippen LogP contribution in [0.2, 0.25) is 0 Å². The molecule has 0 fully saturated rings. The Morgan fingerprint density at radius 3 is 2.62 bits per heavy atom. The third-order valence-corrected chi connectivity index (χ3v) is 5.19. The molecule has 0 saturated heterocycles. The van der Waals surface area contributed by atoms with E-state index < -0.39 is 10.0 Å². The van der Waals surface area contributed by atoms with Crippen LogP contribution in [0, 0.1) is 6.92 Å². The van der Waals surface area contributed by atoms with Crippen molar-refractivity contribution in [3.63, 3.8) is 0 Å². The zero-order chi connectivity index (χ0) is 16.0. The molecule has 0 atom stereocenters. The van der Waals surface area contributed by atoms with E-state index in [9.17, 15) is 8.42 Å². The molecule has 5 nitrogen and oxygen atoms in total. The summed E-state index contributed by atoms with van der Waals surface area (Å²) in [6, 6.07) is 3.18. The number of nitrogens with two attached hydrogens (primary N) is 1. The number of sulfonamides is 1. The molecule has 0 heterocycles. The predicted octanol–water partition coefficient (Wildman–Crippen LogP) is 2.82. The molecule has 0 radical (unpaired) electrons. The van der Waals surface area contributed by atoms with Crippen molar-refractivity contribution in [3.05, 3.63) is 22.2 Å². The monoisotopic (exact) mass is 378 g/mol. The highest BCUT2D eigenvalue weighted by atomic mass is 79.9. The Labute approximate surface area is 135 Å². The summed E-state index contributed by atoms with van der Waals surface area (Å²) in [5.41, 5.74) is 6.82. The number of anilines is 1. The van der Waals surface area contributed by atoms with Crippen molar-refractivity contribution < 1.29 is 13.2 Å². The van der Waals surface area contributed by atoms with Crippen molar-refractivity contribution in [2.45, 2.75) is 44.6 Å². The number of rotatable bonds is 8. The van der Waals surface area contributed by atoms with E-state index in [1.54, 1.807) is 13.0 Å². The molecule has 0 aliphatic heterocycles. The average molecular weight is 379 g/mol. The van der Waals surface area contributed by atoms with Crippen LogP contribution >= 0.6 is 15.9 Å². The number of unbranched alkanes of at least 4 members (excludes halogenated alkanes) is 1. The van der Waals surface area contributed by atoms with Crippen molar-refractivity contribution in [1.29, 1.82) is 0 Å². The smallest absolute Gasteiger partial charge is 0.240 e. The Balaban J connectivity index is 2.56. The molecule has 1 aromatic rings. The summed E-state index contributed by atoms with van der Waals surface area (Å²) < 4.78 is 33.2. The topological polar surface area (TPSA) is 81.4 Å². The van der Waals surface area contributed by atoms with Gasteiger partial charge >= 0.3 is 0 Å². The number of halogens is 1. The maximum absolute atomic E-state index is 12.2. The molecule has 0 bridgehead atoms. The van der Waals surface area contributed by atoms with Gasteiger partial charge in [-0.2, -0.15) is 0 Å². The van der Waals surface area contributed by atoms with Gasteiger partial charge in [0.25, 0.3) is 0 Å². The van der Waals surface area contributed by atoms with E-state index in [0.29, 0.717) is 28.9 Å². The molecule has 7 heteroatoms. The van der Waals surface area contributed by atoms with E-state index in [1.165, 1.54) is 6.07 Å². The second kappa shape index (κ2) is 8.12. The number of nitrogen functional groups attached to an aromatic ring is 1. The summed E-state index contributed by atoms with van der Waals surface area (Å²) in [5, 5.41) is 0. The van der Waals surface area contributed by atoms with Crippen LogP contribution in [-0.2, 0) is 14.8 Å². The predicted molar refractivity (Wildman–Crippen MR) is 88.8 cm³/mol. The third kappa shape index (κ3) is 5.94. The molecule has 0 aliphatic carbocycles. The lowest BCUT2D eigenvalue weighted by Gasteiger charge is -2.11. The van der Waals surface area contributed by atoms with E-state index in [1.807, 2.05) is 13.8 Å². The minimum atomic E-state index is -3.53. The van der Waals surface area contributed by atoms with Gasteiger partial charge in [0.15, 0.2) is 0 Å². The molecular formula is C14H23BrN2O3S. The fourth-order valence-electron chi connectivity index (χ4n) is 1.79. The molecule has 0 spiro atoms. The van der Waals surface area contributed by atoms with Crippen LogP contribution in [0.5, 0.6) is 0 Å². The van der Waals surface area contributed by atoms with Crippen LogP contribution in [0.1, 0.15) is 32.3 Å². The molecule has 1 rings (SSSR count). The Kier molecular flexibility index (Phi) is 7.12. The summed E-state index contributed by atoms with van der Waals surface area (Å²) in [6.45, 7) is 6.73. The summed E-state index contributed by atoms with van der Waals surface area (Å²) >= 11 is 3.29. The van der Waals surface area contributed by atoms with E-state index in [-0.39, 0.29) is 11.0 Å². The van der Waals surface area contributed by atoms with Gasteiger partial charge in [0, 0.05) is 23.3 Å². The lowest BCUT2D eigenvalue weighted by atomic mass is 10.2. The maximum atomic E-state index is 12.2. The molecule has 21 heavy (non-hydrogen) atoms. The van der Waals surface area contributed by atoms with E-state index in [2.05, 4.69) is 20.7 Å². The SMILES string of the molecule is Cc1cc(Br)c(N)cc1S(=O)(=O)NCCCCOC(C)C. The van der Waals surface area contributed by atoms with Gasteiger partial charge in [0.1, 0.15) is 0 Å². The van der Waals surface area contributed by atoms with Gasteiger partial charge in [0.05, 0.1) is 11.0 Å². The molecule has 0 aliphatic rings. The number of aryl methyl sites for hydroxylation is 1. The number of benzene rings is 1. The van der Waals surface area contributed by atoms with E-state index >= 15 is 0 Å². The second-order valence-corrected chi connectivity index (χ2v) is 7.75. The number of nitrogens with one attached hydrogen (secondary N) is 1. The lowest BCUT2D eigenvalue weighted by Crippen LogP contribution is -2.26. The average Bonchev–Trinajstić information content (AvgIpc) is 2.37. The zero-order valence-corrected chi connectivity index (χ0v) is 15.1. The Hall–Kier alpha value is -0.630. The Bertz CT molecular complexity index is 574. The summed E-state index contributed by atoms with van der Waals surface area (Å²) in [7, 11) is -3.53. The van der Waals surface area contributed by atoms with Crippen molar-refractivity contribution in [2.75, 3.05) is 18.9 Å². The summed E-state index contributed by atoms with van der Waals surface area (Å²) in [4.78, 5) is 0.224. The molecule has 0 amide bonds. The van der Waals surface area contributed by atoms with Gasteiger partial charge < -0.3 is 10.5 Å². The van der Waals surface area contributed by atoms with Crippen LogP contribution in [0.3, 0.4) is 0 Å². The fraction of sp³-hybridized carbons (Fsp3) is 0.571. The van der Waals surface area contributed by atoms with Crippen LogP contribution in [0.15, 0.2) is 21.5 Å². The van der Waals surface area contributed by atoms with Crippen molar-refractivity contribution in [2.24, 2.45) is 0 Å². The van der Waals surface area contributed by atoms with Gasteiger partial charge in [-0.1, -0.05) is 0 Å². The second-order valence-electron chi connectivity index (χ2n) is 5.16. The van der Waals surface area contributed by atoms with Crippen LogP contribution in [0.25, 0.3) is 0 Å². The standard InChI is InChI=1S/C14H23BrN2O3S/c1-10(2)20-7-5-4-6-17-21(18,19)14-9-13(16)12(15)8-11(14)3/h8-10,17H,4-7,16H2,1-3H3. The first kappa shape index (κ1) is 18.4. The van der Waals surface area contributed by atoms with Crippen LogP contribution in [-0.4, -0.2) is 27.7 Å². The van der Waals surface area contributed by atoms with Gasteiger partial charge in [-0.05, 0) is 67.2 Å². The van der Waals surface area contributed by atoms with Crippen molar-refractivity contribution in [3.8, 4) is 0 Å². The molecule has 0 saturated carbocycles. The highest BCUT2D eigenvalue weighted by Gasteiger charge is 2.17. The van der Waals surface area contributed by atoms with Gasteiger partial charge in [-0.3, -0.25) is 0 Å². The van der Waals surface area contributed by atoms with E-state index in [4.69, 9.17) is 10.5 Å². The summed E-state index contributed by atoms with van der Waals surface area (Å²) in [5.74, 6) is 0.